The molecule has 0 aliphatic heterocycles. The smallest absolute Gasteiger partial charge is 0.229 e. The lowest BCUT2D eigenvalue weighted by atomic mass is 10.2. The molecule has 1 N–H and O–H groups in total. The molecule has 134 valence electrons. The van der Waals surface area contributed by atoms with Crippen molar-refractivity contribution in [2.45, 2.75) is 20.3 Å². The minimum Gasteiger partial charge on any atom is -0.359 e. The van der Waals surface area contributed by atoms with Gasteiger partial charge in [-0.1, -0.05) is 11.6 Å². The zero-order valence-electron chi connectivity index (χ0n) is 15.2. The summed E-state index contributed by atoms with van der Waals surface area (Å²) in [4.78, 5) is 15.4. The molecule has 0 atom stereocenters. The molecule has 3 aromatic rings. The Morgan fingerprint density at radius 2 is 1.81 bits per heavy atom. The van der Waals surface area contributed by atoms with Crippen LogP contribution in [0.2, 0.25) is 5.02 Å². The monoisotopic (exact) mass is 367 g/mol. The zero-order valence-corrected chi connectivity index (χ0v) is 16.0. The van der Waals surface area contributed by atoms with Gasteiger partial charge >= 0.3 is 0 Å². The van der Waals surface area contributed by atoms with Crippen LogP contribution in [0.5, 0.6) is 0 Å². The lowest BCUT2D eigenvalue weighted by Gasteiger charge is -2.19. The maximum absolute atomic E-state index is 6.03. The molecule has 0 amide bonds. The van der Waals surface area contributed by atoms with Gasteiger partial charge in [-0.3, -0.25) is 4.98 Å². The van der Waals surface area contributed by atoms with Crippen molar-refractivity contribution in [3.05, 3.63) is 70.6 Å². The molecule has 6 heteroatoms. The first-order chi connectivity index (χ1) is 12.5. The van der Waals surface area contributed by atoms with Crippen LogP contribution >= 0.6 is 11.6 Å². The highest BCUT2D eigenvalue weighted by molar-refractivity contribution is 6.30. The normalized spacial score (nSPS) is 10.6. The first-order valence-corrected chi connectivity index (χ1v) is 8.88. The maximum Gasteiger partial charge on any atom is 0.229 e. The molecule has 2 aromatic heterocycles. The molecule has 2 heterocycles. The number of benzene rings is 1. The van der Waals surface area contributed by atoms with Gasteiger partial charge in [0, 0.05) is 48.5 Å². The second-order valence-corrected chi connectivity index (χ2v) is 6.74. The summed E-state index contributed by atoms with van der Waals surface area (Å²) >= 11 is 6.03. The number of aromatic nitrogens is 3. The number of pyridine rings is 1. The topological polar surface area (TPSA) is 53.9 Å². The lowest BCUT2D eigenvalue weighted by Crippen LogP contribution is -2.22. The summed E-state index contributed by atoms with van der Waals surface area (Å²) in [7, 11) is 2.04. The molecule has 5 nitrogen and oxygen atoms in total. The third-order valence-corrected chi connectivity index (χ3v) is 4.39. The SMILES string of the molecule is Cc1cc(N(C)CCc2ccncc2)nc(Nc2ccc(Cl)cc2C)n1. The molecule has 0 fully saturated rings. The van der Waals surface area contributed by atoms with Crippen LogP contribution in [0.1, 0.15) is 16.8 Å². The van der Waals surface area contributed by atoms with Gasteiger partial charge in [-0.05, 0) is 61.7 Å². The molecule has 1 aromatic carbocycles. The molecule has 3 rings (SSSR count). The molecule has 0 aliphatic carbocycles. The summed E-state index contributed by atoms with van der Waals surface area (Å²) in [5, 5.41) is 4.01. The van der Waals surface area contributed by atoms with Crippen molar-refractivity contribution >= 4 is 29.1 Å². The minimum atomic E-state index is 0.584. The number of nitrogens with zero attached hydrogens (tertiary/aromatic N) is 4. The van der Waals surface area contributed by atoms with Crippen molar-refractivity contribution in [1.29, 1.82) is 0 Å². The fraction of sp³-hybridized carbons (Fsp3) is 0.250. The van der Waals surface area contributed by atoms with Crippen LogP contribution in [0.15, 0.2) is 48.8 Å². The predicted octanol–water partition coefficient (Wildman–Crippen LogP) is 4.56. The van der Waals surface area contributed by atoms with Crippen molar-refractivity contribution in [3.63, 3.8) is 0 Å². The fourth-order valence-corrected chi connectivity index (χ4v) is 2.88. The fourth-order valence-electron chi connectivity index (χ4n) is 2.65. The highest BCUT2D eigenvalue weighted by Gasteiger charge is 2.09. The van der Waals surface area contributed by atoms with Gasteiger partial charge in [0.05, 0.1) is 0 Å². The number of aryl methyl sites for hydroxylation is 2. The van der Waals surface area contributed by atoms with Gasteiger partial charge in [0.2, 0.25) is 5.95 Å². The van der Waals surface area contributed by atoms with Crippen LogP contribution in [0, 0.1) is 13.8 Å². The number of halogens is 1. The Hall–Kier alpha value is -2.66. The average molecular weight is 368 g/mol. The van der Waals surface area contributed by atoms with E-state index in [0.29, 0.717) is 5.95 Å². The standard InChI is InChI=1S/C20H22ClN5/c1-14-12-17(21)4-5-18(14)24-20-23-15(2)13-19(25-20)26(3)11-8-16-6-9-22-10-7-16/h4-7,9-10,12-13H,8,11H2,1-3H3,(H,23,24,25). The van der Waals surface area contributed by atoms with Gasteiger partial charge in [0.25, 0.3) is 0 Å². The lowest BCUT2D eigenvalue weighted by molar-refractivity contribution is 0.853. The quantitative estimate of drug-likeness (QED) is 0.691. The van der Waals surface area contributed by atoms with Gasteiger partial charge in [0.15, 0.2) is 0 Å². The Kier molecular flexibility index (Phi) is 5.68. The van der Waals surface area contributed by atoms with E-state index in [9.17, 15) is 0 Å². The summed E-state index contributed by atoms with van der Waals surface area (Å²) in [6.07, 6.45) is 4.57. The molecule has 0 unspecified atom stereocenters. The van der Waals surface area contributed by atoms with Gasteiger partial charge < -0.3 is 10.2 Å². The van der Waals surface area contributed by atoms with Gasteiger partial charge in [-0.2, -0.15) is 4.98 Å². The van der Waals surface area contributed by atoms with Gasteiger partial charge in [-0.25, -0.2) is 4.98 Å². The molecule has 0 aliphatic rings. The third-order valence-electron chi connectivity index (χ3n) is 4.15. The zero-order chi connectivity index (χ0) is 18.5. The minimum absolute atomic E-state index is 0.584. The highest BCUT2D eigenvalue weighted by atomic mass is 35.5. The van der Waals surface area contributed by atoms with E-state index in [4.69, 9.17) is 11.6 Å². The van der Waals surface area contributed by atoms with Crippen LogP contribution in [-0.4, -0.2) is 28.5 Å². The Balaban J connectivity index is 1.74. The Morgan fingerprint density at radius 3 is 2.54 bits per heavy atom. The summed E-state index contributed by atoms with van der Waals surface area (Å²) in [6.45, 7) is 4.84. The second kappa shape index (κ2) is 8.15. The van der Waals surface area contributed by atoms with Crippen molar-refractivity contribution in [2.75, 3.05) is 23.8 Å². The Labute approximate surface area is 159 Å². The highest BCUT2D eigenvalue weighted by Crippen LogP contribution is 2.23. The molecule has 0 saturated heterocycles. The third kappa shape index (κ3) is 4.70. The van der Waals surface area contributed by atoms with Crippen LogP contribution < -0.4 is 10.2 Å². The molecule has 26 heavy (non-hydrogen) atoms. The molecular weight excluding hydrogens is 346 g/mol. The summed E-state index contributed by atoms with van der Waals surface area (Å²) in [5.74, 6) is 1.47. The van der Waals surface area contributed by atoms with E-state index in [1.807, 2.05) is 69.7 Å². The molecular formula is C20H22ClN5. The molecule has 0 bridgehead atoms. The van der Waals surface area contributed by atoms with E-state index in [1.54, 1.807) is 0 Å². The first-order valence-electron chi connectivity index (χ1n) is 8.50. The van der Waals surface area contributed by atoms with Crippen molar-refractivity contribution in [1.82, 2.24) is 15.0 Å². The number of hydrogen-bond donors (Lipinski definition) is 1. The molecule has 0 radical (unpaired) electrons. The average Bonchev–Trinajstić information content (AvgIpc) is 2.62. The van der Waals surface area contributed by atoms with Crippen LogP contribution in [0.4, 0.5) is 17.5 Å². The number of nitrogens with one attached hydrogen (secondary N) is 1. The maximum atomic E-state index is 6.03. The van der Waals surface area contributed by atoms with E-state index < -0.39 is 0 Å². The molecule has 0 saturated carbocycles. The van der Waals surface area contributed by atoms with E-state index in [2.05, 4.69) is 25.2 Å². The van der Waals surface area contributed by atoms with Gasteiger partial charge in [0.1, 0.15) is 5.82 Å². The van der Waals surface area contributed by atoms with E-state index in [-0.39, 0.29) is 0 Å². The number of rotatable bonds is 6. The number of hydrogen-bond acceptors (Lipinski definition) is 5. The Morgan fingerprint density at radius 1 is 1.04 bits per heavy atom. The van der Waals surface area contributed by atoms with Crippen molar-refractivity contribution in [2.24, 2.45) is 0 Å². The van der Waals surface area contributed by atoms with Crippen LogP contribution in [-0.2, 0) is 6.42 Å². The van der Waals surface area contributed by atoms with E-state index in [1.165, 1.54) is 5.56 Å². The summed E-state index contributed by atoms with van der Waals surface area (Å²) in [5.41, 5.74) is 4.17. The number of anilines is 3. The Bertz CT molecular complexity index is 883. The summed E-state index contributed by atoms with van der Waals surface area (Å²) in [6, 6.07) is 11.8. The van der Waals surface area contributed by atoms with E-state index in [0.717, 1.165) is 40.8 Å². The van der Waals surface area contributed by atoms with Crippen LogP contribution in [0.3, 0.4) is 0 Å². The largest absolute Gasteiger partial charge is 0.359 e. The number of likely N-dealkylation sites (N-methyl/N-ethyl adjacent to an activating group) is 1. The van der Waals surface area contributed by atoms with Gasteiger partial charge in [-0.15, -0.1) is 0 Å². The first kappa shape index (κ1) is 18.1. The van der Waals surface area contributed by atoms with E-state index >= 15 is 0 Å². The van der Waals surface area contributed by atoms with Crippen LogP contribution in [0.25, 0.3) is 0 Å². The predicted molar refractivity (Wildman–Crippen MR) is 107 cm³/mol. The second-order valence-electron chi connectivity index (χ2n) is 6.30. The molecule has 0 spiro atoms. The van der Waals surface area contributed by atoms with Crippen molar-refractivity contribution in [3.8, 4) is 0 Å². The van der Waals surface area contributed by atoms with Crippen molar-refractivity contribution < 1.29 is 0 Å². The summed E-state index contributed by atoms with van der Waals surface area (Å²) < 4.78 is 0.